The lowest BCUT2D eigenvalue weighted by molar-refractivity contribution is -0.147. The number of fused-ring (bicyclic) bond motifs is 5. The SMILES string of the molecule is Cc1cccc(NC(=O)[C@H](CC(C)C)N2C(=O)[C@@H]3[C@H]4C[C@@H]([C@H](Br)[C@@H]4Br)[C@@H]3C2=O)c1. The van der Waals surface area contributed by atoms with Crippen molar-refractivity contribution in [3.05, 3.63) is 29.8 Å². The Balaban J connectivity index is 1.61. The van der Waals surface area contributed by atoms with Gasteiger partial charge in [0.25, 0.3) is 0 Å². The Morgan fingerprint density at radius 3 is 2.24 bits per heavy atom. The quantitative estimate of drug-likeness (QED) is 0.464. The number of nitrogens with one attached hydrogen (secondary N) is 1. The number of anilines is 1. The number of hydrogen-bond donors (Lipinski definition) is 1. The van der Waals surface area contributed by atoms with Crippen LogP contribution < -0.4 is 5.32 Å². The number of nitrogens with zero attached hydrogens (tertiary/aromatic N) is 1. The second kappa shape index (κ2) is 7.80. The van der Waals surface area contributed by atoms with E-state index in [1.54, 1.807) is 0 Å². The molecule has 0 aromatic heterocycles. The molecular weight excluding hydrogens is 500 g/mol. The van der Waals surface area contributed by atoms with E-state index in [4.69, 9.17) is 0 Å². The molecule has 4 rings (SSSR count). The fraction of sp³-hybridized carbons (Fsp3) is 0.591. The molecule has 1 aromatic carbocycles. The normalized spacial score (nSPS) is 34.1. The average molecular weight is 526 g/mol. The van der Waals surface area contributed by atoms with Crippen molar-refractivity contribution in [3.63, 3.8) is 0 Å². The van der Waals surface area contributed by atoms with E-state index in [1.165, 1.54) is 4.90 Å². The van der Waals surface area contributed by atoms with Crippen LogP contribution in [0.25, 0.3) is 0 Å². The van der Waals surface area contributed by atoms with Gasteiger partial charge < -0.3 is 5.32 Å². The topological polar surface area (TPSA) is 66.5 Å². The number of benzene rings is 1. The highest BCUT2D eigenvalue weighted by atomic mass is 79.9. The summed E-state index contributed by atoms with van der Waals surface area (Å²) in [5.74, 6) is -0.745. The molecule has 7 atom stereocenters. The van der Waals surface area contributed by atoms with E-state index in [2.05, 4.69) is 37.2 Å². The van der Waals surface area contributed by atoms with Crippen LogP contribution in [-0.2, 0) is 14.4 Å². The Morgan fingerprint density at radius 2 is 1.72 bits per heavy atom. The number of imide groups is 1. The van der Waals surface area contributed by atoms with Gasteiger partial charge >= 0.3 is 0 Å². The molecule has 2 saturated carbocycles. The first-order valence-electron chi connectivity index (χ1n) is 10.2. The fourth-order valence-electron chi connectivity index (χ4n) is 5.40. The van der Waals surface area contributed by atoms with E-state index >= 15 is 0 Å². The summed E-state index contributed by atoms with van der Waals surface area (Å²) in [6.45, 7) is 5.97. The molecule has 1 N–H and O–H groups in total. The van der Waals surface area contributed by atoms with Crippen molar-refractivity contribution in [2.24, 2.45) is 29.6 Å². The van der Waals surface area contributed by atoms with Crippen molar-refractivity contribution < 1.29 is 14.4 Å². The first kappa shape index (κ1) is 21.0. The van der Waals surface area contributed by atoms with E-state index < -0.39 is 6.04 Å². The zero-order chi connectivity index (χ0) is 21.0. The summed E-state index contributed by atoms with van der Waals surface area (Å²) in [6.07, 6.45) is 1.34. The smallest absolute Gasteiger partial charge is 0.247 e. The molecule has 1 saturated heterocycles. The number of rotatable bonds is 5. The van der Waals surface area contributed by atoms with Crippen LogP contribution in [0, 0.1) is 36.5 Å². The molecule has 1 heterocycles. The summed E-state index contributed by atoms with van der Waals surface area (Å²) >= 11 is 7.43. The predicted octanol–water partition coefficient (Wildman–Crippen LogP) is 4.13. The van der Waals surface area contributed by atoms with Crippen LogP contribution in [0.2, 0.25) is 0 Å². The highest BCUT2D eigenvalue weighted by Crippen LogP contribution is 2.60. The second-order valence-corrected chi connectivity index (χ2v) is 11.2. The molecule has 0 spiro atoms. The van der Waals surface area contributed by atoms with Crippen LogP contribution in [0.1, 0.15) is 32.3 Å². The molecule has 156 valence electrons. The monoisotopic (exact) mass is 524 g/mol. The molecule has 7 heteroatoms. The number of hydrogen-bond acceptors (Lipinski definition) is 3. The molecular formula is C22H26Br2N2O3. The van der Waals surface area contributed by atoms with Crippen molar-refractivity contribution in [1.82, 2.24) is 4.90 Å². The molecule has 0 radical (unpaired) electrons. The van der Waals surface area contributed by atoms with E-state index in [1.807, 2.05) is 45.0 Å². The molecule has 2 aliphatic carbocycles. The number of halogens is 2. The summed E-state index contributed by atoms with van der Waals surface area (Å²) in [5.41, 5.74) is 1.72. The minimum absolute atomic E-state index is 0.148. The largest absolute Gasteiger partial charge is 0.324 e. The van der Waals surface area contributed by atoms with Gasteiger partial charge in [0, 0.05) is 15.3 Å². The van der Waals surface area contributed by atoms with Gasteiger partial charge in [0.15, 0.2) is 0 Å². The third-order valence-electron chi connectivity index (χ3n) is 6.62. The van der Waals surface area contributed by atoms with Gasteiger partial charge in [-0.2, -0.15) is 0 Å². The molecule has 3 amide bonds. The molecule has 2 bridgehead atoms. The van der Waals surface area contributed by atoms with Crippen molar-refractivity contribution in [2.45, 2.75) is 49.3 Å². The van der Waals surface area contributed by atoms with Crippen molar-refractivity contribution >= 4 is 55.3 Å². The van der Waals surface area contributed by atoms with Crippen LogP contribution >= 0.6 is 31.9 Å². The lowest BCUT2D eigenvalue weighted by Crippen LogP contribution is -2.49. The third kappa shape index (κ3) is 3.48. The Bertz CT molecular complexity index is 826. The first-order valence-corrected chi connectivity index (χ1v) is 12.1. The van der Waals surface area contributed by atoms with Gasteiger partial charge in [-0.05, 0) is 55.2 Å². The summed E-state index contributed by atoms with van der Waals surface area (Å²) in [6, 6.07) is 6.77. The van der Waals surface area contributed by atoms with Crippen LogP contribution in [0.5, 0.6) is 0 Å². The van der Waals surface area contributed by atoms with Gasteiger partial charge in [-0.15, -0.1) is 0 Å². The fourth-order valence-corrected chi connectivity index (χ4v) is 7.28. The molecule has 5 nitrogen and oxygen atoms in total. The van der Waals surface area contributed by atoms with E-state index in [0.29, 0.717) is 12.1 Å². The van der Waals surface area contributed by atoms with Crippen LogP contribution in [0.3, 0.4) is 0 Å². The minimum atomic E-state index is -0.775. The third-order valence-corrected chi connectivity index (χ3v) is 9.82. The zero-order valence-electron chi connectivity index (χ0n) is 16.8. The van der Waals surface area contributed by atoms with Gasteiger partial charge in [0.1, 0.15) is 6.04 Å². The summed E-state index contributed by atoms with van der Waals surface area (Å²) in [7, 11) is 0. The van der Waals surface area contributed by atoms with Crippen molar-refractivity contribution in [1.29, 1.82) is 0 Å². The Hall–Kier alpha value is -1.21. The Kier molecular flexibility index (Phi) is 5.66. The van der Waals surface area contributed by atoms with Gasteiger partial charge in [-0.3, -0.25) is 19.3 Å². The molecule has 0 unspecified atom stereocenters. The average Bonchev–Trinajstić information content (AvgIpc) is 3.25. The highest BCUT2D eigenvalue weighted by Gasteiger charge is 2.67. The van der Waals surface area contributed by atoms with Crippen LogP contribution in [0.4, 0.5) is 5.69 Å². The van der Waals surface area contributed by atoms with E-state index in [-0.39, 0.29) is 57.0 Å². The maximum Gasteiger partial charge on any atom is 0.247 e. The van der Waals surface area contributed by atoms with Gasteiger partial charge in [0.2, 0.25) is 17.7 Å². The minimum Gasteiger partial charge on any atom is -0.324 e. The molecule has 3 fully saturated rings. The summed E-state index contributed by atoms with van der Waals surface area (Å²) in [5, 5.41) is 2.92. The number of likely N-dealkylation sites (tertiary alicyclic amines) is 1. The number of carbonyl (C=O) groups is 3. The Labute approximate surface area is 188 Å². The van der Waals surface area contributed by atoms with E-state index in [9.17, 15) is 14.4 Å². The molecule has 3 aliphatic rings. The van der Waals surface area contributed by atoms with Crippen molar-refractivity contribution in [2.75, 3.05) is 5.32 Å². The predicted molar refractivity (Wildman–Crippen MR) is 119 cm³/mol. The standard InChI is InChI=1S/C22H26Br2N2O3/c1-10(2)7-15(20(27)25-12-6-4-5-11(3)8-12)26-21(28)16-13-9-14(17(16)22(26)29)19(24)18(13)23/h4-6,8,10,13-19H,7,9H2,1-3H3,(H,25,27)/t13-,14-,15+,16-,17+,18-,19+/m1/s1. The van der Waals surface area contributed by atoms with Gasteiger partial charge in [0.05, 0.1) is 11.8 Å². The number of alkyl halides is 2. The zero-order valence-corrected chi connectivity index (χ0v) is 19.9. The number of aryl methyl sites for hydroxylation is 1. The lowest BCUT2D eigenvalue weighted by Gasteiger charge is -2.28. The van der Waals surface area contributed by atoms with Crippen molar-refractivity contribution in [3.8, 4) is 0 Å². The number of carbonyl (C=O) groups excluding carboxylic acids is 3. The highest BCUT2D eigenvalue weighted by molar-refractivity contribution is 9.12. The molecule has 29 heavy (non-hydrogen) atoms. The summed E-state index contributed by atoms with van der Waals surface area (Å²) in [4.78, 5) is 41.6. The Morgan fingerprint density at radius 1 is 1.14 bits per heavy atom. The van der Waals surface area contributed by atoms with E-state index in [0.717, 1.165) is 12.0 Å². The second-order valence-electron chi connectivity index (χ2n) is 9.05. The maximum absolute atomic E-state index is 13.4. The van der Waals surface area contributed by atoms with Crippen LogP contribution in [0.15, 0.2) is 24.3 Å². The maximum atomic E-state index is 13.4. The number of amides is 3. The van der Waals surface area contributed by atoms with Gasteiger partial charge in [-0.1, -0.05) is 57.8 Å². The van der Waals surface area contributed by atoms with Gasteiger partial charge in [-0.25, -0.2) is 0 Å². The molecule has 1 aliphatic heterocycles. The van der Waals surface area contributed by atoms with Crippen LogP contribution in [-0.4, -0.2) is 38.3 Å². The first-order chi connectivity index (χ1) is 13.7. The summed E-state index contributed by atoms with van der Waals surface area (Å²) < 4.78 is 0. The lowest BCUT2D eigenvalue weighted by atomic mass is 9.81. The molecule has 1 aromatic rings.